The summed E-state index contributed by atoms with van der Waals surface area (Å²) >= 11 is 0. The van der Waals surface area contributed by atoms with E-state index in [1.54, 1.807) is 0 Å². The lowest BCUT2D eigenvalue weighted by molar-refractivity contribution is -0.433. The number of hydrogen-bond donors (Lipinski definition) is 0. The van der Waals surface area contributed by atoms with Crippen LogP contribution in [-0.4, -0.2) is 54.5 Å². The zero-order valence-electron chi connectivity index (χ0n) is 13.1. The molecule has 0 saturated heterocycles. The summed E-state index contributed by atoms with van der Waals surface area (Å²) in [6, 6.07) is 0. The average Bonchev–Trinajstić information content (AvgIpc) is 2.51. The highest BCUT2D eigenvalue weighted by atomic mass is 19.4. The minimum Gasteiger partial charge on any atom is -0.456 e. The average molecular weight is 450 g/mol. The van der Waals surface area contributed by atoms with Crippen molar-refractivity contribution in [3.8, 4) is 0 Å². The van der Waals surface area contributed by atoms with Gasteiger partial charge in [0.15, 0.2) is 6.61 Å². The van der Waals surface area contributed by atoms with Crippen LogP contribution < -0.4 is 0 Å². The molecule has 28 heavy (non-hydrogen) atoms. The van der Waals surface area contributed by atoms with Gasteiger partial charge in [0.2, 0.25) is 0 Å². The second-order valence-electron chi connectivity index (χ2n) is 5.28. The Kier molecular flexibility index (Phi) is 6.78. The number of alkyl halides is 14. The van der Waals surface area contributed by atoms with Crippen LogP contribution in [0.3, 0.4) is 0 Å². The van der Waals surface area contributed by atoms with Gasteiger partial charge in [-0.25, -0.2) is 13.6 Å². The summed E-state index contributed by atoms with van der Waals surface area (Å²) in [7, 11) is 0. The van der Waals surface area contributed by atoms with Crippen molar-refractivity contribution < 1.29 is 71.0 Å². The van der Waals surface area contributed by atoms with E-state index >= 15 is 0 Å². The van der Waals surface area contributed by atoms with Crippen LogP contribution in [0.5, 0.6) is 0 Å². The predicted molar refractivity (Wildman–Crippen MR) is 61.5 cm³/mol. The first-order chi connectivity index (χ1) is 12.0. The largest absolute Gasteiger partial charge is 0.456 e. The molecule has 0 aromatic carbocycles. The van der Waals surface area contributed by atoms with Gasteiger partial charge in [-0.3, -0.25) is 0 Å². The first-order valence-corrected chi connectivity index (χ1v) is 6.40. The van der Waals surface area contributed by atoms with Crippen molar-refractivity contribution in [3.63, 3.8) is 0 Å². The number of carbonyl (C=O) groups is 1. The highest BCUT2D eigenvalue weighted by molar-refractivity contribution is 5.86. The molecular formula is C12H8F14O2. The second-order valence-corrected chi connectivity index (χ2v) is 5.28. The van der Waals surface area contributed by atoms with Crippen molar-refractivity contribution in [2.24, 2.45) is 0 Å². The van der Waals surface area contributed by atoms with Crippen LogP contribution in [0.2, 0.25) is 0 Å². The Morgan fingerprint density at radius 3 is 1.46 bits per heavy atom. The van der Waals surface area contributed by atoms with E-state index in [0.717, 1.165) is 6.92 Å². The molecule has 0 N–H and O–H groups in total. The van der Waals surface area contributed by atoms with Crippen LogP contribution in [0, 0.1) is 0 Å². The standard InChI is InChI=1S/C12H8F14O2/c1-4(2)5(27)28-3-7(15,16)9(19,20)11(23,24)12(25,26)10(21,22)8(17,18)6(13)14/h6H,1,3H2,2H3. The van der Waals surface area contributed by atoms with Gasteiger partial charge in [-0.15, -0.1) is 0 Å². The lowest BCUT2D eigenvalue weighted by atomic mass is 9.91. The Balaban J connectivity index is 6.17. The summed E-state index contributed by atoms with van der Waals surface area (Å²) in [5, 5.41) is 0. The molecule has 0 atom stereocenters. The molecule has 0 aromatic heterocycles. The van der Waals surface area contributed by atoms with Gasteiger partial charge in [-0.1, -0.05) is 6.58 Å². The highest BCUT2D eigenvalue weighted by Gasteiger charge is 2.91. The van der Waals surface area contributed by atoms with E-state index in [-0.39, 0.29) is 0 Å². The lowest BCUT2D eigenvalue weighted by Gasteiger charge is -2.40. The van der Waals surface area contributed by atoms with Gasteiger partial charge in [0.1, 0.15) is 0 Å². The van der Waals surface area contributed by atoms with Crippen molar-refractivity contribution in [1.82, 2.24) is 0 Å². The van der Waals surface area contributed by atoms with Crippen LogP contribution in [0.15, 0.2) is 12.2 Å². The van der Waals surface area contributed by atoms with Crippen molar-refractivity contribution >= 4 is 5.97 Å². The summed E-state index contributed by atoms with van der Waals surface area (Å²) < 4.78 is 184. The van der Waals surface area contributed by atoms with Crippen LogP contribution >= 0.6 is 0 Å². The Bertz CT molecular complexity index is 609. The number of hydrogen-bond acceptors (Lipinski definition) is 2. The molecule has 0 unspecified atom stereocenters. The number of halogens is 14. The maximum Gasteiger partial charge on any atom is 0.384 e. The SMILES string of the molecule is C=C(C)C(=O)OCC(F)(F)C(F)(F)C(F)(F)C(F)(F)C(F)(F)C(F)(F)C(F)F. The van der Waals surface area contributed by atoms with E-state index in [4.69, 9.17) is 0 Å². The molecule has 0 spiro atoms. The molecule has 0 rings (SSSR count). The third-order valence-corrected chi connectivity index (χ3v) is 3.07. The summed E-state index contributed by atoms with van der Waals surface area (Å²) in [6.07, 6.45) is -5.75. The molecule has 0 bridgehead atoms. The number of rotatable bonds is 9. The molecular weight excluding hydrogens is 442 g/mol. The normalized spacial score (nSPS) is 15.0. The lowest BCUT2D eigenvalue weighted by Crippen LogP contribution is -2.72. The molecule has 0 aliphatic heterocycles. The molecule has 0 aliphatic rings. The molecule has 0 aliphatic carbocycles. The molecule has 2 nitrogen and oxygen atoms in total. The van der Waals surface area contributed by atoms with Gasteiger partial charge in [0.05, 0.1) is 0 Å². The van der Waals surface area contributed by atoms with Crippen LogP contribution in [-0.2, 0) is 9.53 Å². The summed E-state index contributed by atoms with van der Waals surface area (Å²) in [5.41, 5.74) is -0.765. The zero-order valence-corrected chi connectivity index (χ0v) is 13.1. The van der Waals surface area contributed by atoms with Crippen molar-refractivity contribution in [3.05, 3.63) is 12.2 Å². The molecule has 0 radical (unpaired) electrons. The van der Waals surface area contributed by atoms with Crippen molar-refractivity contribution in [1.29, 1.82) is 0 Å². The van der Waals surface area contributed by atoms with Crippen molar-refractivity contribution in [2.45, 2.75) is 48.9 Å². The first-order valence-electron chi connectivity index (χ1n) is 6.40. The third-order valence-electron chi connectivity index (χ3n) is 3.07. The minimum absolute atomic E-state index is 0.744. The maximum absolute atomic E-state index is 13.3. The van der Waals surface area contributed by atoms with Gasteiger partial charge < -0.3 is 4.74 Å². The zero-order chi connectivity index (χ0) is 23.1. The molecule has 16 heteroatoms. The maximum atomic E-state index is 13.3. The first kappa shape index (κ1) is 26.2. The Morgan fingerprint density at radius 2 is 1.14 bits per heavy atom. The summed E-state index contributed by atoms with van der Waals surface area (Å²) in [5.74, 6) is -47.3. The van der Waals surface area contributed by atoms with Gasteiger partial charge >= 0.3 is 47.9 Å². The van der Waals surface area contributed by atoms with Gasteiger partial charge in [-0.2, -0.15) is 52.7 Å². The third kappa shape index (κ3) is 3.73. The molecule has 166 valence electrons. The van der Waals surface area contributed by atoms with Crippen LogP contribution in [0.4, 0.5) is 61.5 Å². The smallest absolute Gasteiger partial charge is 0.384 e. The second kappa shape index (κ2) is 7.24. The molecule has 0 aromatic rings. The number of ether oxygens (including phenoxy) is 1. The Morgan fingerprint density at radius 1 is 0.786 bits per heavy atom. The van der Waals surface area contributed by atoms with E-state index in [1.165, 1.54) is 0 Å². The van der Waals surface area contributed by atoms with E-state index in [1.807, 2.05) is 0 Å². The molecule has 0 saturated carbocycles. The summed E-state index contributed by atoms with van der Waals surface area (Å²) in [6.45, 7) is 0.408. The van der Waals surface area contributed by atoms with Crippen LogP contribution in [0.1, 0.15) is 6.92 Å². The molecule has 0 amide bonds. The van der Waals surface area contributed by atoms with E-state index in [9.17, 15) is 66.3 Å². The fraction of sp³-hybridized carbons (Fsp3) is 0.750. The van der Waals surface area contributed by atoms with Gasteiger partial charge in [0.25, 0.3) is 0 Å². The van der Waals surface area contributed by atoms with E-state index in [2.05, 4.69) is 11.3 Å². The minimum atomic E-state index is -8.11. The molecule has 0 heterocycles. The Labute approximate surface area is 146 Å². The Hall–Kier alpha value is -1.77. The summed E-state index contributed by atoms with van der Waals surface area (Å²) in [4.78, 5) is 10.8. The number of carbonyl (C=O) groups excluding carboxylic acids is 1. The molecule has 0 fully saturated rings. The topological polar surface area (TPSA) is 26.3 Å². The van der Waals surface area contributed by atoms with Crippen LogP contribution in [0.25, 0.3) is 0 Å². The fourth-order valence-electron chi connectivity index (χ4n) is 1.34. The fourth-order valence-corrected chi connectivity index (χ4v) is 1.34. The quantitative estimate of drug-likeness (QED) is 0.275. The van der Waals surface area contributed by atoms with Gasteiger partial charge in [-0.05, 0) is 6.92 Å². The van der Waals surface area contributed by atoms with Gasteiger partial charge in [0, 0.05) is 5.57 Å². The van der Waals surface area contributed by atoms with E-state index in [0.29, 0.717) is 0 Å². The highest BCUT2D eigenvalue weighted by Crippen LogP contribution is 2.60. The predicted octanol–water partition coefficient (Wildman–Crippen LogP) is 5.18. The van der Waals surface area contributed by atoms with Crippen molar-refractivity contribution in [2.75, 3.05) is 6.61 Å². The number of esters is 1. The monoisotopic (exact) mass is 450 g/mol. The van der Waals surface area contributed by atoms with E-state index < -0.39 is 60.1 Å².